The van der Waals surface area contributed by atoms with Crippen LogP contribution in [0.15, 0.2) is 15.9 Å². The molecule has 0 spiro atoms. The molecule has 2 heterocycles. The van der Waals surface area contributed by atoms with Crippen molar-refractivity contribution in [2.75, 3.05) is 6.54 Å². The van der Waals surface area contributed by atoms with Gasteiger partial charge in [0.05, 0.1) is 0 Å². The summed E-state index contributed by atoms with van der Waals surface area (Å²) in [5.74, 6) is 1.68. The summed E-state index contributed by atoms with van der Waals surface area (Å²) in [6.07, 6.45) is 0. The van der Waals surface area contributed by atoms with Crippen LogP contribution in [0.2, 0.25) is 0 Å². The van der Waals surface area contributed by atoms with Gasteiger partial charge in [-0.3, -0.25) is 0 Å². The Morgan fingerprint density at radius 2 is 2.31 bits per heavy atom. The molecule has 2 aromatic heterocycles. The van der Waals surface area contributed by atoms with E-state index in [1.165, 1.54) is 4.88 Å². The van der Waals surface area contributed by atoms with Crippen LogP contribution < -0.4 is 5.73 Å². The summed E-state index contributed by atoms with van der Waals surface area (Å²) in [5.41, 5.74) is 5.83. The Bertz CT molecular complexity index is 491. The molecule has 0 aliphatic carbocycles. The van der Waals surface area contributed by atoms with Gasteiger partial charge in [-0.05, 0) is 35.8 Å². The molecule has 0 bridgehead atoms. The molecule has 0 saturated carbocycles. The van der Waals surface area contributed by atoms with Crippen LogP contribution in [-0.4, -0.2) is 21.3 Å². The second-order valence-electron chi connectivity index (χ2n) is 3.57. The van der Waals surface area contributed by atoms with Crippen molar-refractivity contribution in [3.05, 3.63) is 32.4 Å². The Morgan fingerprint density at radius 1 is 1.56 bits per heavy atom. The van der Waals surface area contributed by atoms with Crippen LogP contribution in [-0.2, 0) is 0 Å². The number of aryl methyl sites for hydroxylation is 2. The van der Waals surface area contributed by atoms with Crippen molar-refractivity contribution in [1.82, 2.24) is 14.8 Å². The summed E-state index contributed by atoms with van der Waals surface area (Å²) in [4.78, 5) is 5.50. The number of hydrogen-bond donors (Lipinski definition) is 1. The lowest BCUT2D eigenvalue weighted by molar-refractivity contribution is 0.521. The summed E-state index contributed by atoms with van der Waals surface area (Å²) in [6, 6.07) is 2.16. The van der Waals surface area contributed by atoms with Gasteiger partial charge in [-0.1, -0.05) is 0 Å². The van der Waals surface area contributed by atoms with E-state index in [0.717, 1.165) is 16.1 Å². The Labute approximate surface area is 107 Å². The minimum atomic E-state index is 0.0810. The first-order valence-corrected chi connectivity index (χ1v) is 6.63. The first kappa shape index (κ1) is 11.8. The Hall–Kier alpha value is -0.720. The smallest absolute Gasteiger partial charge is 0.147 e. The molecule has 2 rings (SSSR count). The second kappa shape index (κ2) is 4.65. The van der Waals surface area contributed by atoms with Gasteiger partial charge in [0.1, 0.15) is 17.7 Å². The number of aromatic nitrogens is 3. The molecular formula is C10H13BrN4S. The van der Waals surface area contributed by atoms with Crippen molar-refractivity contribution >= 4 is 27.3 Å². The second-order valence-corrected chi connectivity index (χ2v) is 5.43. The van der Waals surface area contributed by atoms with Crippen molar-refractivity contribution in [3.8, 4) is 0 Å². The molecule has 0 saturated heterocycles. The monoisotopic (exact) mass is 300 g/mol. The van der Waals surface area contributed by atoms with Crippen molar-refractivity contribution in [2.24, 2.45) is 5.73 Å². The molecule has 0 amide bonds. The molecule has 16 heavy (non-hydrogen) atoms. The van der Waals surface area contributed by atoms with Crippen LogP contribution in [0.25, 0.3) is 0 Å². The number of halogens is 1. The van der Waals surface area contributed by atoms with E-state index in [1.54, 1.807) is 11.3 Å². The van der Waals surface area contributed by atoms with E-state index in [4.69, 9.17) is 5.73 Å². The molecule has 0 aliphatic heterocycles. The first-order chi connectivity index (χ1) is 7.61. The SMILES string of the molecule is Cc1nc(C)n(C(CN)c2cc(Br)cs2)n1. The van der Waals surface area contributed by atoms with Crippen LogP contribution in [0.4, 0.5) is 0 Å². The summed E-state index contributed by atoms with van der Waals surface area (Å²) in [5, 5.41) is 6.44. The molecule has 0 fully saturated rings. The quantitative estimate of drug-likeness (QED) is 0.946. The predicted octanol–water partition coefficient (Wildman–Crippen LogP) is 2.27. The molecule has 2 aromatic rings. The summed E-state index contributed by atoms with van der Waals surface area (Å²) >= 11 is 5.13. The van der Waals surface area contributed by atoms with Gasteiger partial charge in [-0.2, -0.15) is 5.10 Å². The number of thiophene rings is 1. The minimum absolute atomic E-state index is 0.0810. The first-order valence-electron chi connectivity index (χ1n) is 4.95. The van der Waals surface area contributed by atoms with Crippen LogP contribution in [0, 0.1) is 13.8 Å². The standard InChI is InChI=1S/C10H13BrN4S/c1-6-13-7(2)15(14-6)9(4-12)10-3-8(11)5-16-10/h3,5,9H,4,12H2,1-2H3. The van der Waals surface area contributed by atoms with E-state index in [9.17, 15) is 0 Å². The fraction of sp³-hybridized carbons (Fsp3) is 0.400. The molecule has 4 nitrogen and oxygen atoms in total. The van der Waals surface area contributed by atoms with Crippen molar-refractivity contribution in [2.45, 2.75) is 19.9 Å². The van der Waals surface area contributed by atoms with Crippen LogP contribution >= 0.6 is 27.3 Å². The molecule has 1 atom stereocenters. The zero-order chi connectivity index (χ0) is 11.7. The lowest BCUT2D eigenvalue weighted by atomic mass is 10.2. The molecule has 6 heteroatoms. The molecule has 0 radical (unpaired) electrons. The maximum absolute atomic E-state index is 5.83. The van der Waals surface area contributed by atoms with E-state index >= 15 is 0 Å². The van der Waals surface area contributed by atoms with Crippen molar-refractivity contribution in [3.63, 3.8) is 0 Å². The third-order valence-corrected chi connectivity index (χ3v) is 4.14. The highest BCUT2D eigenvalue weighted by atomic mass is 79.9. The van der Waals surface area contributed by atoms with Gasteiger partial charge in [0.2, 0.25) is 0 Å². The lowest BCUT2D eigenvalue weighted by Gasteiger charge is -2.14. The predicted molar refractivity (Wildman–Crippen MR) is 68.7 cm³/mol. The highest BCUT2D eigenvalue weighted by Gasteiger charge is 2.17. The molecule has 0 aliphatic rings. The van der Waals surface area contributed by atoms with Crippen molar-refractivity contribution < 1.29 is 0 Å². The highest BCUT2D eigenvalue weighted by Crippen LogP contribution is 2.27. The maximum atomic E-state index is 5.83. The summed E-state index contributed by atoms with van der Waals surface area (Å²) in [7, 11) is 0. The van der Waals surface area contributed by atoms with Gasteiger partial charge >= 0.3 is 0 Å². The molecule has 0 aromatic carbocycles. The van der Waals surface area contributed by atoms with E-state index in [2.05, 4.69) is 37.5 Å². The number of nitrogens with zero attached hydrogens (tertiary/aromatic N) is 3. The van der Waals surface area contributed by atoms with Gasteiger partial charge in [0.25, 0.3) is 0 Å². The fourth-order valence-electron chi connectivity index (χ4n) is 1.67. The summed E-state index contributed by atoms with van der Waals surface area (Å²) in [6.45, 7) is 4.36. The third-order valence-electron chi connectivity index (χ3n) is 2.34. The molecule has 2 N–H and O–H groups in total. The van der Waals surface area contributed by atoms with E-state index in [1.807, 2.05) is 18.5 Å². The molecule has 1 unspecified atom stereocenters. The zero-order valence-electron chi connectivity index (χ0n) is 9.14. The van der Waals surface area contributed by atoms with Gasteiger partial charge < -0.3 is 5.73 Å². The van der Waals surface area contributed by atoms with Gasteiger partial charge in [0.15, 0.2) is 0 Å². The van der Waals surface area contributed by atoms with Crippen LogP contribution in [0.3, 0.4) is 0 Å². The van der Waals surface area contributed by atoms with E-state index in [0.29, 0.717) is 6.54 Å². The number of rotatable bonds is 3. The van der Waals surface area contributed by atoms with Gasteiger partial charge in [-0.25, -0.2) is 9.67 Å². The number of hydrogen-bond acceptors (Lipinski definition) is 4. The average Bonchev–Trinajstić information content (AvgIpc) is 2.76. The Kier molecular flexibility index (Phi) is 3.41. The minimum Gasteiger partial charge on any atom is -0.328 e. The largest absolute Gasteiger partial charge is 0.328 e. The third kappa shape index (κ3) is 2.18. The summed E-state index contributed by atoms with van der Waals surface area (Å²) < 4.78 is 2.98. The topological polar surface area (TPSA) is 56.7 Å². The molecular weight excluding hydrogens is 288 g/mol. The Balaban J connectivity index is 2.40. The fourth-order valence-corrected chi connectivity index (χ4v) is 3.21. The molecule has 86 valence electrons. The average molecular weight is 301 g/mol. The highest BCUT2D eigenvalue weighted by molar-refractivity contribution is 9.10. The normalized spacial score (nSPS) is 13.0. The van der Waals surface area contributed by atoms with Crippen LogP contribution in [0.1, 0.15) is 22.6 Å². The van der Waals surface area contributed by atoms with Crippen molar-refractivity contribution in [1.29, 1.82) is 0 Å². The van der Waals surface area contributed by atoms with E-state index in [-0.39, 0.29) is 6.04 Å². The lowest BCUT2D eigenvalue weighted by Crippen LogP contribution is -2.21. The van der Waals surface area contributed by atoms with E-state index < -0.39 is 0 Å². The van der Waals surface area contributed by atoms with Crippen LogP contribution in [0.5, 0.6) is 0 Å². The maximum Gasteiger partial charge on any atom is 0.147 e. The Morgan fingerprint density at radius 3 is 2.75 bits per heavy atom. The van der Waals surface area contributed by atoms with Gasteiger partial charge in [0, 0.05) is 21.3 Å². The number of nitrogens with two attached hydrogens (primary N) is 1. The van der Waals surface area contributed by atoms with Gasteiger partial charge in [-0.15, -0.1) is 11.3 Å². The zero-order valence-corrected chi connectivity index (χ0v) is 11.5.